The zero-order chi connectivity index (χ0) is 14.9. The van der Waals surface area contributed by atoms with Crippen LogP contribution < -0.4 is 16.0 Å². The smallest absolute Gasteiger partial charge is 0.330 e. The second-order valence-electron chi connectivity index (χ2n) is 4.24. The molecule has 0 aliphatic carbocycles. The molecule has 1 aromatic carbocycles. The fourth-order valence-electron chi connectivity index (χ4n) is 1.66. The molecule has 7 heteroatoms. The summed E-state index contributed by atoms with van der Waals surface area (Å²) in [6.07, 6.45) is 0. The second kappa shape index (κ2) is 5.62. The van der Waals surface area contributed by atoms with Gasteiger partial charge >= 0.3 is 5.69 Å². The lowest BCUT2D eigenvalue weighted by Crippen LogP contribution is -2.38. The van der Waals surface area contributed by atoms with Crippen LogP contribution in [0.25, 0.3) is 0 Å². The molecule has 106 valence electrons. The minimum Gasteiger partial charge on any atom is -0.486 e. The van der Waals surface area contributed by atoms with E-state index in [0.717, 1.165) is 4.57 Å². The fraction of sp³-hybridized carbons (Fsp3) is 0.231. The lowest BCUT2D eigenvalue weighted by atomic mass is 10.3. The van der Waals surface area contributed by atoms with E-state index in [0.29, 0.717) is 15.9 Å². The Labute approximate surface area is 122 Å². The van der Waals surface area contributed by atoms with Gasteiger partial charge in [-0.1, -0.05) is 0 Å². The number of hydrogen-bond acceptors (Lipinski definition) is 3. The van der Waals surface area contributed by atoms with Gasteiger partial charge in [0, 0.05) is 20.2 Å². The topological polar surface area (TPSA) is 53.2 Å². The summed E-state index contributed by atoms with van der Waals surface area (Å²) in [6.45, 7) is 0.0338. The van der Waals surface area contributed by atoms with Crippen molar-refractivity contribution >= 4 is 15.9 Å². The number of nitrogens with zero attached hydrogens (tertiary/aromatic N) is 2. The Kier molecular flexibility index (Phi) is 4.08. The predicted molar refractivity (Wildman–Crippen MR) is 75.4 cm³/mol. The van der Waals surface area contributed by atoms with Crippen molar-refractivity contribution in [3.05, 3.63) is 61.1 Å². The summed E-state index contributed by atoms with van der Waals surface area (Å²) in [5.41, 5.74) is -0.381. The van der Waals surface area contributed by atoms with Crippen LogP contribution in [-0.4, -0.2) is 9.13 Å². The molecule has 20 heavy (non-hydrogen) atoms. The van der Waals surface area contributed by atoms with Gasteiger partial charge in [0.15, 0.2) is 0 Å². The first-order chi connectivity index (χ1) is 9.40. The molecule has 0 bridgehead atoms. The SMILES string of the molecule is Cn1c(COc2ccc(F)cc2Br)cc(=O)n(C)c1=O. The van der Waals surface area contributed by atoms with Gasteiger partial charge in [-0.25, -0.2) is 9.18 Å². The van der Waals surface area contributed by atoms with Crippen LogP contribution in [0.5, 0.6) is 5.75 Å². The molecule has 1 aromatic heterocycles. The maximum atomic E-state index is 13.0. The molecule has 0 aliphatic heterocycles. The van der Waals surface area contributed by atoms with Gasteiger partial charge in [-0.05, 0) is 34.1 Å². The average Bonchev–Trinajstić information content (AvgIpc) is 2.40. The molecule has 0 unspecified atom stereocenters. The fourth-order valence-corrected chi connectivity index (χ4v) is 2.13. The molecule has 2 rings (SSSR count). The quantitative estimate of drug-likeness (QED) is 0.850. The summed E-state index contributed by atoms with van der Waals surface area (Å²) in [4.78, 5) is 23.3. The highest BCUT2D eigenvalue weighted by Crippen LogP contribution is 2.25. The normalized spacial score (nSPS) is 10.6. The van der Waals surface area contributed by atoms with Crippen molar-refractivity contribution in [1.82, 2.24) is 9.13 Å². The Balaban J connectivity index is 2.28. The van der Waals surface area contributed by atoms with Gasteiger partial charge in [0.25, 0.3) is 5.56 Å². The van der Waals surface area contributed by atoms with E-state index in [1.165, 1.54) is 35.9 Å². The molecule has 0 fully saturated rings. The van der Waals surface area contributed by atoms with Gasteiger partial charge in [-0.3, -0.25) is 13.9 Å². The highest BCUT2D eigenvalue weighted by Gasteiger charge is 2.08. The van der Waals surface area contributed by atoms with Crippen LogP contribution in [0.3, 0.4) is 0 Å². The van der Waals surface area contributed by atoms with E-state index in [4.69, 9.17) is 4.74 Å². The largest absolute Gasteiger partial charge is 0.486 e. The van der Waals surface area contributed by atoms with Crippen molar-refractivity contribution in [2.45, 2.75) is 6.61 Å². The van der Waals surface area contributed by atoms with Crippen molar-refractivity contribution < 1.29 is 9.13 Å². The third-order valence-corrected chi connectivity index (χ3v) is 3.51. The highest BCUT2D eigenvalue weighted by molar-refractivity contribution is 9.10. The Hall–Kier alpha value is -1.89. The Morgan fingerprint density at radius 3 is 2.55 bits per heavy atom. The van der Waals surface area contributed by atoms with Crippen LogP contribution in [0.2, 0.25) is 0 Å². The average molecular weight is 343 g/mol. The molecule has 0 saturated heterocycles. The van der Waals surface area contributed by atoms with Gasteiger partial charge in [0.1, 0.15) is 18.2 Å². The summed E-state index contributed by atoms with van der Waals surface area (Å²) in [5, 5.41) is 0. The van der Waals surface area contributed by atoms with Crippen LogP contribution in [0.1, 0.15) is 5.69 Å². The van der Waals surface area contributed by atoms with E-state index in [-0.39, 0.29) is 12.4 Å². The number of benzene rings is 1. The molecule has 0 spiro atoms. The maximum Gasteiger partial charge on any atom is 0.330 e. The number of rotatable bonds is 3. The summed E-state index contributed by atoms with van der Waals surface area (Å²) in [6, 6.07) is 5.35. The highest BCUT2D eigenvalue weighted by atomic mass is 79.9. The number of aromatic nitrogens is 2. The lowest BCUT2D eigenvalue weighted by molar-refractivity contribution is 0.291. The van der Waals surface area contributed by atoms with Crippen LogP contribution in [0.15, 0.2) is 38.3 Å². The van der Waals surface area contributed by atoms with Gasteiger partial charge in [0.2, 0.25) is 0 Å². The summed E-state index contributed by atoms with van der Waals surface area (Å²) < 4.78 is 21.2. The van der Waals surface area contributed by atoms with Crippen LogP contribution >= 0.6 is 15.9 Å². The number of ether oxygens (including phenoxy) is 1. The summed E-state index contributed by atoms with van der Waals surface area (Å²) in [7, 11) is 2.96. The Bertz CT molecular complexity index is 767. The molecule has 0 aliphatic rings. The van der Waals surface area contributed by atoms with Crippen molar-refractivity contribution in [3.63, 3.8) is 0 Å². The number of halogens is 2. The molecule has 0 radical (unpaired) electrons. The van der Waals surface area contributed by atoms with E-state index >= 15 is 0 Å². The predicted octanol–water partition coefficient (Wildman–Crippen LogP) is 1.56. The van der Waals surface area contributed by atoms with Crippen LogP contribution in [0.4, 0.5) is 4.39 Å². The first-order valence-electron chi connectivity index (χ1n) is 5.74. The maximum absolute atomic E-state index is 13.0. The molecular weight excluding hydrogens is 331 g/mol. The molecule has 2 aromatic rings. The minimum atomic E-state index is -0.422. The third kappa shape index (κ3) is 2.82. The molecule has 0 saturated carbocycles. The van der Waals surface area contributed by atoms with Crippen LogP contribution in [-0.2, 0) is 20.7 Å². The first kappa shape index (κ1) is 14.5. The standard InChI is InChI=1S/C13H12BrFN2O3/c1-16-9(6-12(18)17(2)13(16)19)7-20-11-4-3-8(15)5-10(11)14/h3-6H,7H2,1-2H3. The van der Waals surface area contributed by atoms with Crippen molar-refractivity contribution in [1.29, 1.82) is 0 Å². The van der Waals surface area contributed by atoms with Gasteiger partial charge < -0.3 is 4.74 Å². The summed E-state index contributed by atoms with van der Waals surface area (Å²) in [5.74, 6) is 0.0460. The molecular formula is C13H12BrFN2O3. The van der Waals surface area contributed by atoms with E-state index in [1.807, 2.05) is 0 Å². The lowest BCUT2D eigenvalue weighted by Gasteiger charge is -2.11. The van der Waals surface area contributed by atoms with Crippen LogP contribution in [0, 0.1) is 5.82 Å². The first-order valence-corrected chi connectivity index (χ1v) is 6.53. The number of hydrogen-bond donors (Lipinski definition) is 0. The third-order valence-electron chi connectivity index (χ3n) is 2.89. The molecule has 1 heterocycles. The Morgan fingerprint density at radius 1 is 1.20 bits per heavy atom. The zero-order valence-corrected chi connectivity index (χ0v) is 12.5. The van der Waals surface area contributed by atoms with E-state index < -0.39 is 11.2 Å². The monoisotopic (exact) mass is 342 g/mol. The molecule has 0 atom stereocenters. The second-order valence-corrected chi connectivity index (χ2v) is 5.09. The van der Waals surface area contributed by atoms with E-state index in [1.54, 1.807) is 7.05 Å². The van der Waals surface area contributed by atoms with Crippen molar-refractivity contribution in [3.8, 4) is 5.75 Å². The van der Waals surface area contributed by atoms with Gasteiger partial charge in [0.05, 0.1) is 10.2 Å². The van der Waals surface area contributed by atoms with Gasteiger partial charge in [-0.15, -0.1) is 0 Å². The van der Waals surface area contributed by atoms with Gasteiger partial charge in [-0.2, -0.15) is 0 Å². The van der Waals surface area contributed by atoms with E-state index in [9.17, 15) is 14.0 Å². The van der Waals surface area contributed by atoms with Crippen molar-refractivity contribution in [2.75, 3.05) is 0 Å². The summed E-state index contributed by atoms with van der Waals surface area (Å²) >= 11 is 3.18. The Morgan fingerprint density at radius 2 is 1.90 bits per heavy atom. The van der Waals surface area contributed by atoms with Crippen molar-refractivity contribution in [2.24, 2.45) is 14.1 Å². The minimum absolute atomic E-state index is 0.0338. The molecule has 0 amide bonds. The van der Waals surface area contributed by atoms with E-state index in [2.05, 4.69) is 15.9 Å². The zero-order valence-electron chi connectivity index (χ0n) is 10.9. The molecule has 0 N–H and O–H groups in total. The molecule has 5 nitrogen and oxygen atoms in total.